The minimum Gasteiger partial charge on any atom is -0.496 e. The van der Waals surface area contributed by atoms with Crippen LogP contribution in [0.5, 0.6) is 5.75 Å². The van der Waals surface area contributed by atoms with Gasteiger partial charge in [0.2, 0.25) is 5.91 Å². The van der Waals surface area contributed by atoms with Gasteiger partial charge < -0.3 is 15.2 Å². The second-order valence-corrected chi connectivity index (χ2v) is 7.02. The van der Waals surface area contributed by atoms with Crippen LogP contribution in [0.15, 0.2) is 54.6 Å². The van der Waals surface area contributed by atoms with E-state index in [1.807, 2.05) is 54.6 Å². The molecule has 2 unspecified atom stereocenters. The second kappa shape index (κ2) is 8.71. The van der Waals surface area contributed by atoms with Crippen molar-refractivity contribution < 1.29 is 19.4 Å². The van der Waals surface area contributed by atoms with Crippen LogP contribution in [-0.4, -0.2) is 30.6 Å². The number of aliphatic carboxylic acids is 1. The van der Waals surface area contributed by atoms with Gasteiger partial charge in [0.15, 0.2) is 0 Å². The van der Waals surface area contributed by atoms with E-state index >= 15 is 0 Å². The highest BCUT2D eigenvalue weighted by Crippen LogP contribution is 2.42. The number of benzene rings is 2. The van der Waals surface area contributed by atoms with E-state index in [9.17, 15) is 14.7 Å². The zero-order chi connectivity index (χ0) is 19.2. The van der Waals surface area contributed by atoms with Crippen molar-refractivity contribution in [1.82, 2.24) is 5.32 Å². The third-order valence-corrected chi connectivity index (χ3v) is 5.07. The van der Waals surface area contributed by atoms with Crippen LogP contribution in [0.25, 0.3) is 0 Å². The number of amides is 1. The fourth-order valence-corrected chi connectivity index (χ4v) is 3.45. The molecule has 1 aliphatic rings. The number of methoxy groups -OCH3 is 1. The van der Waals surface area contributed by atoms with E-state index in [-0.39, 0.29) is 18.4 Å². The van der Waals surface area contributed by atoms with Crippen molar-refractivity contribution in [2.75, 3.05) is 13.7 Å². The lowest BCUT2D eigenvalue weighted by atomic mass is 9.92. The summed E-state index contributed by atoms with van der Waals surface area (Å²) in [5.74, 6) is -0.910. The van der Waals surface area contributed by atoms with Crippen LogP contribution in [0, 0.1) is 11.8 Å². The highest BCUT2D eigenvalue weighted by Gasteiger charge is 2.37. The van der Waals surface area contributed by atoms with E-state index in [1.54, 1.807) is 7.11 Å². The summed E-state index contributed by atoms with van der Waals surface area (Å²) in [4.78, 5) is 24.5. The highest BCUT2D eigenvalue weighted by molar-refractivity contribution is 5.85. The molecule has 2 aromatic rings. The average molecular weight is 367 g/mol. The number of rotatable bonds is 9. The zero-order valence-corrected chi connectivity index (χ0v) is 15.4. The average Bonchev–Trinajstić information content (AvgIpc) is 3.51. The summed E-state index contributed by atoms with van der Waals surface area (Å²) in [6, 6.07) is 17.1. The van der Waals surface area contributed by atoms with Gasteiger partial charge in [0.1, 0.15) is 5.75 Å². The van der Waals surface area contributed by atoms with E-state index in [0.717, 1.165) is 24.0 Å². The predicted octanol–water partition coefficient (Wildman–Crippen LogP) is 3.25. The Morgan fingerprint density at radius 3 is 2.41 bits per heavy atom. The zero-order valence-electron chi connectivity index (χ0n) is 15.4. The molecule has 2 aromatic carbocycles. The number of para-hydroxylation sites is 1. The van der Waals surface area contributed by atoms with E-state index in [0.29, 0.717) is 18.1 Å². The lowest BCUT2D eigenvalue weighted by Gasteiger charge is -2.19. The number of carbonyl (C=O) groups excluding carboxylic acids is 1. The Morgan fingerprint density at radius 2 is 1.78 bits per heavy atom. The van der Waals surface area contributed by atoms with Gasteiger partial charge in [0.25, 0.3) is 0 Å². The van der Waals surface area contributed by atoms with Crippen LogP contribution in [0.2, 0.25) is 0 Å². The maximum absolute atomic E-state index is 12.8. The van der Waals surface area contributed by atoms with Crippen molar-refractivity contribution in [2.45, 2.75) is 25.2 Å². The van der Waals surface area contributed by atoms with Crippen molar-refractivity contribution in [3.8, 4) is 5.75 Å². The molecular formula is C22H25NO4. The molecule has 2 atom stereocenters. The monoisotopic (exact) mass is 367 g/mol. The summed E-state index contributed by atoms with van der Waals surface area (Å²) in [6.07, 6.45) is 2.38. The van der Waals surface area contributed by atoms with Crippen molar-refractivity contribution in [1.29, 1.82) is 0 Å². The number of hydrogen-bond acceptors (Lipinski definition) is 3. The molecule has 1 saturated carbocycles. The Kier molecular flexibility index (Phi) is 6.12. The molecule has 5 heteroatoms. The SMILES string of the molecule is COc1ccccc1CC(CNC(=O)C(c1ccccc1)C1CC1)C(=O)O. The minimum atomic E-state index is -0.927. The van der Waals surface area contributed by atoms with Gasteiger partial charge in [-0.2, -0.15) is 0 Å². The summed E-state index contributed by atoms with van der Waals surface area (Å²) in [5.41, 5.74) is 1.82. The second-order valence-electron chi connectivity index (χ2n) is 7.02. The smallest absolute Gasteiger partial charge is 0.308 e. The molecule has 0 saturated heterocycles. The lowest BCUT2D eigenvalue weighted by Crippen LogP contribution is -2.37. The first-order chi connectivity index (χ1) is 13.1. The molecular weight excluding hydrogens is 342 g/mol. The number of ether oxygens (including phenoxy) is 1. The van der Waals surface area contributed by atoms with Gasteiger partial charge in [0.05, 0.1) is 18.9 Å². The molecule has 0 aliphatic heterocycles. The van der Waals surface area contributed by atoms with Crippen LogP contribution in [-0.2, 0) is 16.0 Å². The van der Waals surface area contributed by atoms with Gasteiger partial charge in [-0.25, -0.2) is 0 Å². The van der Waals surface area contributed by atoms with Gasteiger partial charge in [-0.3, -0.25) is 9.59 Å². The molecule has 27 heavy (non-hydrogen) atoms. The topological polar surface area (TPSA) is 75.6 Å². The van der Waals surface area contributed by atoms with Crippen LogP contribution in [0.3, 0.4) is 0 Å². The van der Waals surface area contributed by atoms with Crippen LogP contribution >= 0.6 is 0 Å². The third-order valence-electron chi connectivity index (χ3n) is 5.07. The Bertz CT molecular complexity index is 786. The normalized spacial score (nSPS) is 15.6. The largest absolute Gasteiger partial charge is 0.496 e. The Labute approximate surface area is 159 Å². The molecule has 1 amide bonds. The fraction of sp³-hybridized carbons (Fsp3) is 0.364. The van der Waals surface area contributed by atoms with Crippen LogP contribution < -0.4 is 10.1 Å². The first-order valence-electron chi connectivity index (χ1n) is 9.27. The van der Waals surface area contributed by atoms with Crippen molar-refractivity contribution in [3.63, 3.8) is 0 Å². The van der Waals surface area contributed by atoms with Crippen molar-refractivity contribution >= 4 is 11.9 Å². The third kappa shape index (κ3) is 4.88. The van der Waals surface area contributed by atoms with Crippen LogP contribution in [0.1, 0.15) is 29.9 Å². The summed E-state index contributed by atoms with van der Waals surface area (Å²) < 4.78 is 5.31. The van der Waals surface area contributed by atoms with Gasteiger partial charge in [-0.1, -0.05) is 48.5 Å². The van der Waals surface area contributed by atoms with E-state index in [2.05, 4.69) is 5.32 Å². The molecule has 0 bridgehead atoms. The molecule has 1 aliphatic carbocycles. The quantitative estimate of drug-likeness (QED) is 0.713. The van der Waals surface area contributed by atoms with E-state index < -0.39 is 11.9 Å². The molecule has 0 radical (unpaired) electrons. The standard InChI is InChI=1S/C22H25NO4/c1-27-19-10-6-5-9-17(19)13-18(22(25)26)14-23-21(24)20(16-11-12-16)15-7-3-2-4-8-15/h2-10,16,18,20H,11-14H2,1H3,(H,23,24)(H,25,26). The Balaban J connectivity index is 1.66. The number of carboxylic acids is 1. The Hall–Kier alpha value is -2.82. The van der Waals surface area contributed by atoms with Crippen molar-refractivity contribution in [2.24, 2.45) is 11.8 Å². The summed E-state index contributed by atoms with van der Waals surface area (Å²) >= 11 is 0. The number of nitrogens with one attached hydrogen (secondary N) is 1. The fourth-order valence-electron chi connectivity index (χ4n) is 3.45. The maximum Gasteiger partial charge on any atom is 0.308 e. The van der Waals surface area contributed by atoms with Crippen LogP contribution in [0.4, 0.5) is 0 Å². The first-order valence-corrected chi connectivity index (χ1v) is 9.27. The van der Waals surface area contributed by atoms with E-state index in [1.165, 1.54) is 0 Å². The van der Waals surface area contributed by atoms with E-state index in [4.69, 9.17) is 4.74 Å². The summed E-state index contributed by atoms with van der Waals surface area (Å²) in [5, 5.41) is 12.5. The molecule has 0 heterocycles. The first kappa shape index (κ1) is 19.0. The lowest BCUT2D eigenvalue weighted by molar-refractivity contribution is -0.141. The van der Waals surface area contributed by atoms with Crippen molar-refractivity contribution in [3.05, 3.63) is 65.7 Å². The summed E-state index contributed by atoms with van der Waals surface area (Å²) in [7, 11) is 1.57. The van der Waals surface area contributed by atoms with Gasteiger partial charge in [-0.05, 0) is 42.4 Å². The molecule has 3 rings (SSSR count). The predicted molar refractivity (Wildman–Crippen MR) is 103 cm³/mol. The molecule has 5 nitrogen and oxygen atoms in total. The highest BCUT2D eigenvalue weighted by atomic mass is 16.5. The maximum atomic E-state index is 12.8. The molecule has 142 valence electrons. The van der Waals surface area contributed by atoms with Gasteiger partial charge in [0, 0.05) is 6.54 Å². The number of hydrogen-bond donors (Lipinski definition) is 2. The molecule has 0 aromatic heterocycles. The Morgan fingerprint density at radius 1 is 1.11 bits per heavy atom. The van der Waals surface area contributed by atoms with Gasteiger partial charge in [-0.15, -0.1) is 0 Å². The molecule has 1 fully saturated rings. The minimum absolute atomic E-state index is 0.0880. The number of carboxylic acid groups (broad SMARTS) is 1. The molecule has 0 spiro atoms. The molecule has 2 N–H and O–H groups in total. The summed E-state index contributed by atoms with van der Waals surface area (Å²) in [6.45, 7) is 0.0995. The van der Waals surface area contributed by atoms with Gasteiger partial charge >= 0.3 is 5.97 Å². The number of carbonyl (C=O) groups is 2.